The summed E-state index contributed by atoms with van der Waals surface area (Å²) < 4.78 is 6.85. The molecule has 0 aromatic carbocycles. The summed E-state index contributed by atoms with van der Waals surface area (Å²) in [6, 6.07) is 3.69. The normalized spacial score (nSPS) is 17.8. The van der Waals surface area contributed by atoms with Crippen LogP contribution in [-0.4, -0.2) is 54.0 Å². The fourth-order valence-electron chi connectivity index (χ4n) is 2.73. The summed E-state index contributed by atoms with van der Waals surface area (Å²) in [5.74, 6) is 0.912. The van der Waals surface area contributed by atoms with Gasteiger partial charge in [-0.15, -0.1) is 5.10 Å². The van der Waals surface area contributed by atoms with Gasteiger partial charge in [0.2, 0.25) is 0 Å². The highest BCUT2D eigenvalue weighted by Gasteiger charge is 2.29. The molecule has 1 saturated heterocycles. The zero-order chi connectivity index (χ0) is 15.8. The average Bonchev–Trinajstić information content (AvgIpc) is 3.31. The van der Waals surface area contributed by atoms with Crippen LogP contribution in [0.5, 0.6) is 0 Å². The van der Waals surface area contributed by atoms with Gasteiger partial charge in [-0.25, -0.2) is 4.68 Å². The third-order valence-electron chi connectivity index (χ3n) is 3.91. The van der Waals surface area contributed by atoms with Crippen molar-refractivity contribution in [3.05, 3.63) is 36.0 Å². The quantitative estimate of drug-likeness (QED) is 0.774. The Morgan fingerprint density at radius 3 is 3.13 bits per heavy atom. The number of aryl methyl sites for hydroxylation is 1. The number of aromatic amines is 1. The van der Waals surface area contributed by atoms with E-state index in [0.717, 1.165) is 6.42 Å². The Hall–Kier alpha value is -2.97. The number of H-pyrrole nitrogens is 1. The summed E-state index contributed by atoms with van der Waals surface area (Å²) in [4.78, 5) is 21.2. The fourth-order valence-corrected chi connectivity index (χ4v) is 2.73. The maximum atomic E-state index is 12.3. The van der Waals surface area contributed by atoms with Crippen LogP contribution >= 0.6 is 0 Å². The maximum absolute atomic E-state index is 12.3. The Morgan fingerprint density at radius 2 is 2.39 bits per heavy atom. The molecule has 1 aliphatic rings. The molecule has 0 saturated carbocycles. The Kier molecular flexibility index (Phi) is 3.18. The van der Waals surface area contributed by atoms with Gasteiger partial charge in [0.1, 0.15) is 5.69 Å². The predicted octanol–water partition coefficient (Wildman–Crippen LogP) is 1.05. The molecule has 0 radical (unpaired) electrons. The van der Waals surface area contributed by atoms with Gasteiger partial charge in [-0.05, 0) is 25.5 Å². The molecule has 1 fully saturated rings. The topological polar surface area (TPSA) is 106 Å². The van der Waals surface area contributed by atoms with Crippen molar-refractivity contribution < 1.29 is 9.32 Å². The van der Waals surface area contributed by atoms with Crippen LogP contribution in [0.15, 0.2) is 29.0 Å². The van der Waals surface area contributed by atoms with E-state index >= 15 is 0 Å². The van der Waals surface area contributed by atoms with Crippen LogP contribution in [0.3, 0.4) is 0 Å². The molecule has 1 unspecified atom stereocenters. The van der Waals surface area contributed by atoms with Crippen molar-refractivity contribution in [1.29, 1.82) is 0 Å². The number of amides is 1. The van der Waals surface area contributed by atoms with Crippen molar-refractivity contribution in [1.82, 2.24) is 35.0 Å². The number of aromatic nitrogens is 6. The van der Waals surface area contributed by atoms with Crippen LogP contribution in [0.4, 0.5) is 0 Å². The van der Waals surface area contributed by atoms with Gasteiger partial charge < -0.3 is 14.4 Å². The molecule has 0 spiro atoms. The molecular weight excluding hydrogens is 298 g/mol. The van der Waals surface area contributed by atoms with E-state index in [1.807, 2.05) is 11.0 Å². The first-order valence-electron chi connectivity index (χ1n) is 7.36. The number of nitrogens with zero attached hydrogens (tertiary/aromatic N) is 6. The molecular formula is C14H15N7O2. The first-order valence-corrected chi connectivity index (χ1v) is 7.36. The van der Waals surface area contributed by atoms with Crippen molar-refractivity contribution >= 4 is 5.91 Å². The molecule has 4 heterocycles. The SMILES string of the molecule is Cc1noc(-c2cn(C3CCN(C(=O)c4ccc[nH]4)C3)nn2)n1. The van der Waals surface area contributed by atoms with E-state index in [1.165, 1.54) is 0 Å². The minimum atomic E-state index is 0.00497. The molecule has 9 nitrogen and oxygen atoms in total. The molecule has 23 heavy (non-hydrogen) atoms. The summed E-state index contributed by atoms with van der Waals surface area (Å²) >= 11 is 0. The summed E-state index contributed by atoms with van der Waals surface area (Å²) in [6.45, 7) is 3.04. The van der Waals surface area contributed by atoms with Crippen molar-refractivity contribution in [3.8, 4) is 11.6 Å². The highest BCUT2D eigenvalue weighted by Crippen LogP contribution is 2.24. The second-order valence-corrected chi connectivity index (χ2v) is 5.51. The molecule has 118 valence electrons. The summed E-state index contributed by atoms with van der Waals surface area (Å²) in [6.07, 6.45) is 4.36. The molecule has 9 heteroatoms. The number of nitrogens with one attached hydrogen (secondary N) is 1. The lowest BCUT2D eigenvalue weighted by atomic mass is 10.3. The highest BCUT2D eigenvalue weighted by atomic mass is 16.5. The van der Waals surface area contributed by atoms with E-state index in [9.17, 15) is 4.79 Å². The average molecular weight is 313 g/mol. The highest BCUT2D eigenvalue weighted by molar-refractivity contribution is 5.92. The first-order chi connectivity index (χ1) is 11.2. The Morgan fingerprint density at radius 1 is 1.48 bits per heavy atom. The summed E-state index contributed by atoms with van der Waals surface area (Å²) in [5, 5.41) is 11.9. The smallest absolute Gasteiger partial charge is 0.280 e. The second kappa shape index (κ2) is 5.34. The van der Waals surface area contributed by atoms with Crippen LogP contribution in [0.2, 0.25) is 0 Å². The van der Waals surface area contributed by atoms with Crippen LogP contribution in [0.25, 0.3) is 11.6 Å². The van der Waals surface area contributed by atoms with Gasteiger partial charge in [0.15, 0.2) is 11.5 Å². The van der Waals surface area contributed by atoms with Gasteiger partial charge in [-0.1, -0.05) is 10.4 Å². The standard InChI is InChI=1S/C14H15N7O2/c1-9-16-13(23-18-9)12-8-21(19-17-12)10-4-6-20(7-10)14(22)11-3-2-5-15-11/h2-3,5,8,10,15H,4,6-7H2,1H3. The number of rotatable bonds is 3. The van der Waals surface area contributed by atoms with Crippen molar-refractivity contribution in [2.75, 3.05) is 13.1 Å². The van der Waals surface area contributed by atoms with Crippen LogP contribution < -0.4 is 0 Å². The van der Waals surface area contributed by atoms with Gasteiger partial charge in [-0.2, -0.15) is 4.98 Å². The van der Waals surface area contributed by atoms with E-state index < -0.39 is 0 Å². The molecule has 1 atom stereocenters. The zero-order valence-electron chi connectivity index (χ0n) is 12.5. The third-order valence-corrected chi connectivity index (χ3v) is 3.91. The maximum Gasteiger partial charge on any atom is 0.280 e. The summed E-state index contributed by atoms with van der Waals surface area (Å²) in [5.41, 5.74) is 1.14. The van der Waals surface area contributed by atoms with Gasteiger partial charge in [0.25, 0.3) is 11.8 Å². The molecule has 0 aliphatic carbocycles. The van der Waals surface area contributed by atoms with Gasteiger partial charge in [0.05, 0.1) is 12.2 Å². The number of hydrogen-bond acceptors (Lipinski definition) is 6. The number of likely N-dealkylation sites (tertiary alicyclic amines) is 1. The van der Waals surface area contributed by atoms with Crippen molar-refractivity contribution in [2.45, 2.75) is 19.4 Å². The van der Waals surface area contributed by atoms with Gasteiger partial charge >= 0.3 is 0 Å². The van der Waals surface area contributed by atoms with Crippen LogP contribution in [-0.2, 0) is 0 Å². The van der Waals surface area contributed by atoms with Gasteiger partial charge in [0, 0.05) is 19.3 Å². The Labute approximate surface area is 131 Å². The predicted molar refractivity (Wildman–Crippen MR) is 78.4 cm³/mol. The molecule has 3 aromatic heterocycles. The Bertz CT molecular complexity index is 820. The minimum Gasteiger partial charge on any atom is -0.357 e. The van der Waals surface area contributed by atoms with Gasteiger partial charge in [-0.3, -0.25) is 4.79 Å². The second-order valence-electron chi connectivity index (χ2n) is 5.51. The lowest BCUT2D eigenvalue weighted by Gasteiger charge is -2.15. The lowest BCUT2D eigenvalue weighted by molar-refractivity contribution is 0.0782. The van der Waals surface area contributed by atoms with Crippen molar-refractivity contribution in [2.24, 2.45) is 0 Å². The minimum absolute atomic E-state index is 0.00497. The lowest BCUT2D eigenvalue weighted by Crippen LogP contribution is -2.29. The number of hydrogen-bond donors (Lipinski definition) is 1. The third kappa shape index (κ3) is 2.50. The van der Waals surface area contributed by atoms with Crippen molar-refractivity contribution in [3.63, 3.8) is 0 Å². The number of carbonyl (C=O) groups excluding carboxylic acids is 1. The molecule has 1 N–H and O–H groups in total. The molecule has 3 aromatic rings. The summed E-state index contributed by atoms with van der Waals surface area (Å²) in [7, 11) is 0. The van der Waals surface area contributed by atoms with E-state index in [1.54, 1.807) is 30.1 Å². The van der Waals surface area contributed by atoms with E-state index in [4.69, 9.17) is 4.52 Å². The molecule has 0 bridgehead atoms. The molecule has 4 rings (SSSR count). The largest absolute Gasteiger partial charge is 0.357 e. The zero-order valence-corrected chi connectivity index (χ0v) is 12.5. The van der Waals surface area contributed by atoms with E-state index in [0.29, 0.717) is 36.2 Å². The number of carbonyl (C=O) groups is 1. The van der Waals surface area contributed by atoms with E-state index in [2.05, 4.69) is 25.4 Å². The van der Waals surface area contributed by atoms with E-state index in [-0.39, 0.29) is 11.9 Å². The van der Waals surface area contributed by atoms with Crippen LogP contribution in [0.1, 0.15) is 28.8 Å². The molecule has 1 amide bonds. The fraction of sp³-hybridized carbons (Fsp3) is 0.357. The van der Waals surface area contributed by atoms with Crippen LogP contribution in [0, 0.1) is 6.92 Å². The first kappa shape index (κ1) is 13.7. The monoisotopic (exact) mass is 313 g/mol. The molecule has 1 aliphatic heterocycles. The Balaban J connectivity index is 1.48.